The van der Waals surface area contributed by atoms with Crippen LogP contribution < -0.4 is 5.11 Å². The molecule has 91 heavy (non-hydrogen) atoms. The van der Waals surface area contributed by atoms with Gasteiger partial charge in [0.05, 0.1) is 40.3 Å². The molecule has 0 aliphatic heterocycles. The molecule has 2 atom stereocenters. The van der Waals surface area contributed by atoms with Crippen molar-refractivity contribution in [2.75, 3.05) is 47.5 Å². The van der Waals surface area contributed by atoms with Crippen LogP contribution in [-0.4, -0.2) is 82.3 Å². The number of carboxylic acid groups (broad SMARTS) is 1. The van der Waals surface area contributed by atoms with Crippen LogP contribution in [0.15, 0.2) is 158 Å². The topological polar surface area (TPSA) is 111 Å². The van der Waals surface area contributed by atoms with Gasteiger partial charge in [-0.3, -0.25) is 9.59 Å². The van der Waals surface area contributed by atoms with Crippen LogP contribution in [0.4, 0.5) is 0 Å². The number of likely N-dealkylation sites (N-methyl/N-ethyl adjacent to an activating group) is 1. The second kappa shape index (κ2) is 70.8. The van der Waals surface area contributed by atoms with Gasteiger partial charge in [0, 0.05) is 12.8 Å². The average Bonchev–Trinajstić information content (AvgIpc) is 3.53. The van der Waals surface area contributed by atoms with Gasteiger partial charge in [-0.2, -0.15) is 0 Å². The van der Waals surface area contributed by atoms with E-state index >= 15 is 0 Å². The third kappa shape index (κ3) is 72.2. The number of unbranched alkanes of at least 4 members (excludes halogenated alkanes) is 25. The van der Waals surface area contributed by atoms with Crippen LogP contribution >= 0.6 is 0 Å². The minimum absolute atomic E-state index is 0.138. The Morgan fingerprint density at radius 2 is 0.626 bits per heavy atom. The number of hydrogen-bond donors (Lipinski definition) is 0. The largest absolute Gasteiger partial charge is 0.545 e. The molecule has 0 aromatic carbocycles. The Labute approximate surface area is 559 Å². The summed E-state index contributed by atoms with van der Waals surface area (Å²) in [4.78, 5) is 37.5. The maximum atomic E-state index is 12.9. The van der Waals surface area contributed by atoms with E-state index in [1.54, 1.807) is 0 Å². The Kier molecular flexibility index (Phi) is 66.8. The second-order valence-corrected chi connectivity index (χ2v) is 25.1. The van der Waals surface area contributed by atoms with E-state index in [2.05, 4.69) is 172 Å². The summed E-state index contributed by atoms with van der Waals surface area (Å²) >= 11 is 0. The molecule has 0 bridgehead atoms. The molecule has 0 rings (SSSR count). The van der Waals surface area contributed by atoms with E-state index in [1.165, 1.54) is 128 Å². The Bertz CT molecular complexity index is 2060. The van der Waals surface area contributed by atoms with Gasteiger partial charge >= 0.3 is 11.9 Å². The molecule has 0 aliphatic rings. The Morgan fingerprint density at radius 1 is 0.341 bits per heavy atom. The van der Waals surface area contributed by atoms with Gasteiger partial charge in [-0.15, -0.1) is 0 Å². The lowest BCUT2D eigenvalue weighted by atomic mass is 10.0. The third-order valence-corrected chi connectivity index (χ3v) is 15.3. The summed E-state index contributed by atoms with van der Waals surface area (Å²) in [7, 11) is 5.92. The van der Waals surface area contributed by atoms with Crippen molar-refractivity contribution < 1.29 is 42.9 Å². The van der Waals surface area contributed by atoms with Crippen LogP contribution in [-0.2, 0) is 33.3 Å². The van der Waals surface area contributed by atoms with Gasteiger partial charge in [-0.05, 0) is 128 Å². The van der Waals surface area contributed by atoms with Crippen molar-refractivity contribution in [2.24, 2.45) is 0 Å². The van der Waals surface area contributed by atoms with Crippen molar-refractivity contribution in [1.82, 2.24) is 0 Å². The number of esters is 2. The highest BCUT2D eigenvalue weighted by Gasteiger charge is 2.22. The molecule has 0 saturated carbocycles. The van der Waals surface area contributed by atoms with Gasteiger partial charge < -0.3 is 33.3 Å². The number of hydrogen-bond acceptors (Lipinski definition) is 8. The molecule has 0 fully saturated rings. The molecule has 0 amide bonds. The quantitative estimate of drug-likeness (QED) is 0.0195. The molecule has 0 N–H and O–H groups in total. The zero-order chi connectivity index (χ0) is 66.1. The van der Waals surface area contributed by atoms with Gasteiger partial charge in [0.1, 0.15) is 13.2 Å². The van der Waals surface area contributed by atoms with Crippen molar-refractivity contribution in [1.29, 1.82) is 0 Å². The lowest BCUT2D eigenvalue weighted by Crippen LogP contribution is -2.44. The van der Waals surface area contributed by atoms with Crippen LogP contribution in [0.1, 0.15) is 284 Å². The highest BCUT2D eigenvalue weighted by atomic mass is 16.7. The molecule has 0 radical (unpaired) electrons. The molecule has 2 unspecified atom stereocenters. The van der Waals surface area contributed by atoms with Gasteiger partial charge in [0.15, 0.2) is 12.4 Å². The minimum atomic E-state index is -1.63. The van der Waals surface area contributed by atoms with Crippen LogP contribution in [0.25, 0.3) is 0 Å². The number of carbonyl (C=O) groups is 3. The predicted octanol–water partition coefficient (Wildman–Crippen LogP) is 21.9. The third-order valence-electron chi connectivity index (χ3n) is 15.3. The molecule has 0 spiro atoms. The summed E-state index contributed by atoms with van der Waals surface area (Å²) in [5.41, 5.74) is 0. The maximum absolute atomic E-state index is 12.9. The highest BCUT2D eigenvalue weighted by molar-refractivity contribution is 5.70. The van der Waals surface area contributed by atoms with Crippen molar-refractivity contribution in [3.8, 4) is 0 Å². The first-order chi connectivity index (χ1) is 44.6. The van der Waals surface area contributed by atoms with Crippen LogP contribution in [0.3, 0.4) is 0 Å². The summed E-state index contributed by atoms with van der Waals surface area (Å²) in [5.74, 6) is -2.31. The van der Waals surface area contributed by atoms with E-state index in [0.717, 1.165) is 122 Å². The van der Waals surface area contributed by atoms with E-state index < -0.39 is 24.3 Å². The van der Waals surface area contributed by atoms with E-state index in [0.29, 0.717) is 17.4 Å². The molecular weight excluding hydrogens is 1130 g/mol. The molecule has 0 heterocycles. The summed E-state index contributed by atoms with van der Waals surface area (Å²) < 4.78 is 22.8. The smallest absolute Gasteiger partial charge is 0.306 e. The van der Waals surface area contributed by atoms with Crippen LogP contribution in [0, 0.1) is 0 Å². The number of allylic oxidation sites excluding steroid dienone is 26. The van der Waals surface area contributed by atoms with Gasteiger partial charge in [0.25, 0.3) is 0 Å². The van der Waals surface area contributed by atoms with E-state index in [-0.39, 0.29) is 38.6 Å². The number of ether oxygens (including phenoxy) is 4. The number of aliphatic carboxylic acids is 1. The fraction of sp³-hybridized carbons (Fsp3) is 0.646. The Balaban J connectivity index is 4.18. The van der Waals surface area contributed by atoms with Gasteiger partial charge in [0.2, 0.25) is 0 Å². The first kappa shape index (κ1) is 85.9. The van der Waals surface area contributed by atoms with Gasteiger partial charge in [-0.25, -0.2) is 0 Å². The first-order valence-electron chi connectivity index (χ1n) is 36.6. The number of carboxylic acids is 1. The van der Waals surface area contributed by atoms with Crippen LogP contribution in [0.2, 0.25) is 0 Å². The fourth-order valence-electron chi connectivity index (χ4n) is 9.69. The number of quaternary nitrogens is 1. The van der Waals surface area contributed by atoms with Crippen molar-refractivity contribution in [3.05, 3.63) is 158 Å². The Morgan fingerprint density at radius 3 is 0.934 bits per heavy atom. The average molecular weight is 1260 g/mol. The molecule has 9 heteroatoms. The molecule has 9 nitrogen and oxygen atoms in total. The summed E-state index contributed by atoms with van der Waals surface area (Å²) in [6, 6.07) is 0. The number of nitrogens with zero attached hydrogens (tertiary/aromatic N) is 1. The maximum Gasteiger partial charge on any atom is 0.306 e. The lowest BCUT2D eigenvalue weighted by Gasteiger charge is -2.26. The standard InChI is InChI=1S/C82H135NO8/c1-6-8-10-12-14-16-18-20-22-24-26-28-30-32-33-34-35-36-37-38-39-40-41-42-43-44-45-46-47-49-51-53-55-57-59-61-63-65-67-69-71-73-80(85)91-78(77-90-82(81(86)87)88-75-74-83(3,4)5)76-89-79(84)72-70-68-66-64-62-60-58-56-54-52-50-48-31-29-27-25-23-21-19-17-15-13-11-9-7-2/h8,10,14,16,19-22,25-28,32-33,35-36,38-39,41-42,44-45,47,49,53,55,78,82H,6-7,9,11-13,15,17-18,23-24,29-31,34,37,40,43,46,48,50-52,54,56-77H2,1-5H3/b10-8-,16-14-,21-19-,22-20-,27-25-,28-26-,33-32-,36-35-,39-38-,42-41-,45-44-,49-47-,55-53-. The molecule has 0 aliphatic carbocycles. The summed E-state index contributed by atoms with van der Waals surface area (Å²) in [6.07, 6.45) is 102. The zero-order valence-electron chi connectivity index (χ0n) is 58.9. The van der Waals surface area contributed by atoms with Crippen molar-refractivity contribution in [2.45, 2.75) is 296 Å². The predicted molar refractivity (Wildman–Crippen MR) is 389 cm³/mol. The minimum Gasteiger partial charge on any atom is -0.545 e. The molecule has 0 aromatic heterocycles. The van der Waals surface area contributed by atoms with Crippen LogP contribution in [0.5, 0.6) is 0 Å². The fourth-order valence-corrected chi connectivity index (χ4v) is 9.69. The van der Waals surface area contributed by atoms with Gasteiger partial charge in [-0.1, -0.05) is 300 Å². The van der Waals surface area contributed by atoms with E-state index in [4.69, 9.17) is 18.9 Å². The van der Waals surface area contributed by atoms with E-state index in [9.17, 15) is 19.5 Å². The second-order valence-electron chi connectivity index (χ2n) is 25.1. The SMILES string of the molecule is CC/C=C\C/C=C\C/C=C\C/C=C\C/C=C\C/C=C\C/C=C\C/C=C\C/C=C\C/C=C\C/C=C\CCCCCCCCCC(=O)OC(COC(=O)CCCCCCCCCCCCCCC/C=C\C/C=C\CCCCCCC)COC(OCC[N+](C)(C)C)C(=O)[O-]. The molecular formula is C82H135NO8. The monoisotopic (exact) mass is 1260 g/mol. The lowest BCUT2D eigenvalue weighted by molar-refractivity contribution is -0.870. The number of rotatable bonds is 66. The summed E-state index contributed by atoms with van der Waals surface area (Å²) in [6.45, 7) is 4.61. The zero-order valence-corrected chi connectivity index (χ0v) is 58.9. The highest BCUT2D eigenvalue weighted by Crippen LogP contribution is 2.16. The first-order valence-corrected chi connectivity index (χ1v) is 36.6. The molecule has 516 valence electrons. The van der Waals surface area contributed by atoms with Crippen molar-refractivity contribution in [3.63, 3.8) is 0 Å². The van der Waals surface area contributed by atoms with E-state index in [1.807, 2.05) is 21.1 Å². The number of carbonyl (C=O) groups excluding carboxylic acids is 3. The molecule has 0 aromatic rings. The van der Waals surface area contributed by atoms with Crippen molar-refractivity contribution >= 4 is 17.9 Å². The molecule has 0 saturated heterocycles. The Hall–Kier alpha value is -5.09. The summed E-state index contributed by atoms with van der Waals surface area (Å²) in [5, 5.41) is 11.8. The normalized spacial score (nSPS) is 13.6.